The molecule has 0 aliphatic carbocycles. The van der Waals surface area contributed by atoms with Crippen LogP contribution in [0.25, 0.3) is 0 Å². The first-order valence-electron chi connectivity index (χ1n) is 4.04. The van der Waals surface area contributed by atoms with Crippen molar-refractivity contribution in [2.24, 2.45) is 0 Å². The van der Waals surface area contributed by atoms with E-state index in [1.807, 2.05) is 6.92 Å². The summed E-state index contributed by atoms with van der Waals surface area (Å²) in [5.41, 5.74) is 1.02. The lowest BCUT2D eigenvalue weighted by atomic mass is 10.1. The first-order chi connectivity index (χ1) is 6.15. The number of ether oxygens (including phenoxy) is 1. The molecule has 0 unspecified atom stereocenters. The van der Waals surface area contributed by atoms with Crippen LogP contribution in [0.3, 0.4) is 0 Å². The van der Waals surface area contributed by atoms with Gasteiger partial charge in [0.15, 0.2) is 0 Å². The van der Waals surface area contributed by atoms with Gasteiger partial charge in [-0.3, -0.25) is 4.79 Å². The van der Waals surface area contributed by atoms with Crippen LogP contribution in [0.4, 0.5) is 0 Å². The Hall–Kier alpha value is -0.960. The molecule has 3 nitrogen and oxygen atoms in total. The third-order valence-electron chi connectivity index (χ3n) is 1.87. The quantitative estimate of drug-likeness (QED) is 0.699. The van der Waals surface area contributed by atoms with Gasteiger partial charge in [-0.15, -0.1) is 0 Å². The van der Waals surface area contributed by atoms with Gasteiger partial charge in [-0.25, -0.2) is 0 Å². The van der Waals surface area contributed by atoms with Crippen molar-refractivity contribution in [1.82, 2.24) is 5.32 Å². The number of allylic oxidation sites excluding steroid dienone is 1. The van der Waals surface area contributed by atoms with Crippen molar-refractivity contribution in [2.75, 3.05) is 13.7 Å². The van der Waals surface area contributed by atoms with E-state index in [1.165, 1.54) is 13.2 Å². The lowest BCUT2D eigenvalue weighted by Crippen LogP contribution is -2.24. The zero-order valence-electron chi connectivity index (χ0n) is 7.69. The van der Waals surface area contributed by atoms with E-state index >= 15 is 0 Å². The Kier molecular flexibility index (Phi) is 3.37. The molecule has 0 saturated carbocycles. The average Bonchev–Trinajstić information content (AvgIpc) is 2.11. The van der Waals surface area contributed by atoms with Crippen molar-refractivity contribution >= 4 is 17.5 Å². The second-order valence-electron chi connectivity index (χ2n) is 2.85. The number of carbonyl (C=O) groups excluding carboxylic acids is 1. The van der Waals surface area contributed by atoms with Crippen LogP contribution in [-0.2, 0) is 9.53 Å². The van der Waals surface area contributed by atoms with E-state index in [0.29, 0.717) is 17.3 Å². The molecule has 1 rings (SSSR count). The van der Waals surface area contributed by atoms with E-state index in [0.717, 1.165) is 12.0 Å². The summed E-state index contributed by atoms with van der Waals surface area (Å²) in [6.07, 6.45) is 2.12. The Morgan fingerprint density at radius 3 is 2.92 bits per heavy atom. The molecule has 4 heteroatoms. The molecule has 1 N–H and O–H groups in total. The van der Waals surface area contributed by atoms with Gasteiger partial charge in [-0.2, -0.15) is 0 Å². The molecule has 0 saturated heterocycles. The minimum atomic E-state index is -0.164. The highest BCUT2D eigenvalue weighted by Crippen LogP contribution is 2.22. The molecule has 1 amide bonds. The van der Waals surface area contributed by atoms with Crippen LogP contribution in [0.5, 0.6) is 0 Å². The van der Waals surface area contributed by atoms with Crippen LogP contribution in [0.2, 0.25) is 0 Å². The molecule has 0 aromatic carbocycles. The van der Waals surface area contributed by atoms with E-state index in [9.17, 15) is 4.79 Å². The van der Waals surface area contributed by atoms with E-state index in [-0.39, 0.29) is 5.91 Å². The summed E-state index contributed by atoms with van der Waals surface area (Å²) < 4.78 is 4.99. The van der Waals surface area contributed by atoms with Gasteiger partial charge in [0.2, 0.25) is 5.91 Å². The Morgan fingerprint density at radius 1 is 1.62 bits per heavy atom. The highest BCUT2D eigenvalue weighted by atomic mass is 35.5. The first-order valence-corrected chi connectivity index (χ1v) is 4.42. The predicted octanol–water partition coefficient (Wildman–Crippen LogP) is 1.55. The third-order valence-corrected chi connectivity index (χ3v) is 2.38. The maximum Gasteiger partial charge on any atom is 0.247 e. The largest absolute Gasteiger partial charge is 0.495 e. The third kappa shape index (κ3) is 2.49. The van der Waals surface area contributed by atoms with Crippen molar-refractivity contribution in [3.05, 3.63) is 22.4 Å². The van der Waals surface area contributed by atoms with Crippen molar-refractivity contribution in [2.45, 2.75) is 13.3 Å². The normalized spacial score (nSPS) is 18.7. The number of halogens is 1. The zero-order chi connectivity index (χ0) is 9.84. The Labute approximate surface area is 82.4 Å². The Balaban J connectivity index is 3.01. The van der Waals surface area contributed by atoms with E-state index in [1.54, 1.807) is 0 Å². The minimum Gasteiger partial charge on any atom is -0.495 e. The molecule has 0 radical (unpaired) electrons. The average molecular weight is 202 g/mol. The minimum absolute atomic E-state index is 0.164. The highest BCUT2D eigenvalue weighted by Gasteiger charge is 2.12. The summed E-state index contributed by atoms with van der Waals surface area (Å²) in [5.74, 6) is 0.263. The summed E-state index contributed by atoms with van der Waals surface area (Å²) in [6, 6.07) is 0. The second-order valence-corrected chi connectivity index (χ2v) is 3.23. The number of nitrogens with one attached hydrogen (secondary N) is 1. The molecular weight excluding hydrogens is 190 g/mol. The van der Waals surface area contributed by atoms with Gasteiger partial charge in [0.25, 0.3) is 0 Å². The molecule has 72 valence electrons. The fraction of sp³-hybridized carbons (Fsp3) is 0.444. The summed E-state index contributed by atoms with van der Waals surface area (Å²) in [5, 5.41) is 3.25. The number of rotatable bonds is 1. The van der Waals surface area contributed by atoms with E-state index in [2.05, 4.69) is 5.32 Å². The molecule has 0 atom stereocenters. The standard InChI is InChI=1S/C9H12ClNO2/c1-6-3-4-11-8(12)5-7(13-2)9(6)10/h5H,3-4H2,1-2H3,(H,11,12). The van der Waals surface area contributed by atoms with Gasteiger partial charge in [0, 0.05) is 12.6 Å². The van der Waals surface area contributed by atoms with Crippen LogP contribution < -0.4 is 5.32 Å². The van der Waals surface area contributed by atoms with Gasteiger partial charge < -0.3 is 10.1 Å². The zero-order valence-corrected chi connectivity index (χ0v) is 8.44. The lowest BCUT2D eigenvalue weighted by molar-refractivity contribution is -0.116. The summed E-state index contributed by atoms with van der Waals surface area (Å²) in [7, 11) is 1.50. The molecule has 0 fully saturated rings. The first kappa shape index (κ1) is 10.1. The fourth-order valence-corrected chi connectivity index (χ4v) is 1.30. The monoisotopic (exact) mass is 201 g/mol. The summed E-state index contributed by atoms with van der Waals surface area (Å²) >= 11 is 5.98. The van der Waals surface area contributed by atoms with Gasteiger partial charge in [-0.1, -0.05) is 11.6 Å². The fourth-order valence-electron chi connectivity index (χ4n) is 1.08. The lowest BCUT2D eigenvalue weighted by Gasteiger charge is -2.12. The SMILES string of the molecule is COC1=CC(=O)NCCC(C)=C1Cl. The number of hydrogen-bond acceptors (Lipinski definition) is 2. The van der Waals surface area contributed by atoms with E-state index in [4.69, 9.17) is 16.3 Å². The van der Waals surface area contributed by atoms with Gasteiger partial charge in [0.05, 0.1) is 12.1 Å². The second kappa shape index (κ2) is 4.33. The smallest absolute Gasteiger partial charge is 0.247 e. The van der Waals surface area contributed by atoms with Crippen molar-refractivity contribution in [3.8, 4) is 0 Å². The summed E-state index contributed by atoms with van der Waals surface area (Å²) in [4.78, 5) is 11.1. The molecule has 1 aliphatic rings. The van der Waals surface area contributed by atoms with Crippen LogP contribution in [0.1, 0.15) is 13.3 Å². The molecule has 1 aliphatic heterocycles. The van der Waals surface area contributed by atoms with E-state index < -0.39 is 0 Å². The van der Waals surface area contributed by atoms with Crippen molar-refractivity contribution < 1.29 is 9.53 Å². The van der Waals surface area contributed by atoms with Gasteiger partial charge in [-0.05, 0) is 18.9 Å². The van der Waals surface area contributed by atoms with Crippen LogP contribution in [-0.4, -0.2) is 19.6 Å². The maximum absolute atomic E-state index is 11.1. The molecule has 0 bridgehead atoms. The van der Waals surface area contributed by atoms with Crippen LogP contribution >= 0.6 is 11.6 Å². The summed E-state index contributed by atoms with van der Waals surface area (Å²) in [6.45, 7) is 2.54. The van der Waals surface area contributed by atoms with Crippen LogP contribution in [0.15, 0.2) is 22.4 Å². The van der Waals surface area contributed by atoms with Crippen LogP contribution in [0, 0.1) is 0 Å². The van der Waals surface area contributed by atoms with Crippen molar-refractivity contribution in [3.63, 3.8) is 0 Å². The molecule has 0 aromatic heterocycles. The maximum atomic E-state index is 11.1. The number of hydrogen-bond donors (Lipinski definition) is 1. The molecule has 0 aromatic rings. The van der Waals surface area contributed by atoms with Crippen molar-refractivity contribution in [1.29, 1.82) is 0 Å². The topological polar surface area (TPSA) is 38.3 Å². The number of methoxy groups -OCH3 is 1. The number of carbonyl (C=O) groups is 1. The van der Waals surface area contributed by atoms with Gasteiger partial charge >= 0.3 is 0 Å². The van der Waals surface area contributed by atoms with Gasteiger partial charge in [0.1, 0.15) is 5.76 Å². The molecule has 0 spiro atoms. The molecule has 1 heterocycles. The Morgan fingerprint density at radius 2 is 2.31 bits per heavy atom. The molecule has 13 heavy (non-hydrogen) atoms. The predicted molar refractivity (Wildman–Crippen MR) is 51.3 cm³/mol. The Bertz CT molecular complexity index is 281. The highest BCUT2D eigenvalue weighted by molar-refractivity contribution is 6.32. The number of amides is 1. The molecular formula is C9H12ClNO2.